The van der Waals surface area contributed by atoms with Crippen LogP contribution in [0.5, 0.6) is 0 Å². The Morgan fingerprint density at radius 2 is 1.84 bits per heavy atom. The molecule has 0 saturated heterocycles. The number of ether oxygens (including phenoxy) is 1. The van der Waals surface area contributed by atoms with Crippen LogP contribution < -0.4 is 0 Å². The number of rotatable bonds is 6. The molecule has 0 spiro atoms. The van der Waals surface area contributed by atoms with Crippen LogP contribution in [0.25, 0.3) is 0 Å². The molecular weight excluding hydrogens is 320 g/mol. The lowest BCUT2D eigenvalue weighted by molar-refractivity contribution is -0.143. The highest BCUT2D eigenvalue weighted by Crippen LogP contribution is 2.24. The first kappa shape index (κ1) is 18.4. The Morgan fingerprint density at radius 1 is 1.16 bits per heavy atom. The minimum atomic E-state index is -1.16. The first-order valence-corrected chi connectivity index (χ1v) is 8.04. The van der Waals surface area contributed by atoms with Crippen molar-refractivity contribution in [2.24, 2.45) is 0 Å². The summed E-state index contributed by atoms with van der Waals surface area (Å²) in [5, 5.41) is 9.67. The van der Waals surface area contributed by atoms with Gasteiger partial charge in [0.05, 0.1) is 0 Å². The Bertz CT molecular complexity index is 714. The molecular formula is C19H22N2O4. The van der Waals surface area contributed by atoms with E-state index in [2.05, 4.69) is 4.98 Å². The number of carbonyl (C=O) groups is 2. The van der Waals surface area contributed by atoms with Crippen molar-refractivity contribution in [3.05, 3.63) is 65.5 Å². The molecule has 2 aromatic rings. The second kappa shape index (κ2) is 8.28. The van der Waals surface area contributed by atoms with E-state index in [1.807, 2.05) is 37.3 Å². The lowest BCUT2D eigenvalue weighted by Gasteiger charge is -2.31. The highest BCUT2D eigenvalue weighted by molar-refractivity contribution is 5.81. The summed E-state index contributed by atoms with van der Waals surface area (Å²) in [6.45, 7) is 5.40. The number of carboxylic acid groups (broad SMARTS) is 1. The van der Waals surface area contributed by atoms with Gasteiger partial charge in [-0.25, -0.2) is 9.59 Å². The van der Waals surface area contributed by atoms with E-state index >= 15 is 0 Å². The van der Waals surface area contributed by atoms with E-state index < -0.39 is 18.1 Å². The molecule has 1 amide bonds. The van der Waals surface area contributed by atoms with Crippen molar-refractivity contribution in [2.45, 2.75) is 39.5 Å². The second-order valence-electron chi connectivity index (χ2n) is 6.01. The molecule has 0 aliphatic rings. The number of aliphatic carboxylic acids is 1. The number of carbonyl (C=O) groups excluding carboxylic acids is 1. The van der Waals surface area contributed by atoms with E-state index in [9.17, 15) is 14.7 Å². The SMILES string of the molecule is Cc1ccc(C(C(=O)O)N(C(=O)OCc2ccccc2)C(C)C)cn1. The molecule has 1 atom stereocenters. The molecule has 25 heavy (non-hydrogen) atoms. The van der Waals surface area contributed by atoms with Gasteiger partial charge in [0.1, 0.15) is 6.61 Å². The zero-order valence-corrected chi connectivity index (χ0v) is 14.5. The van der Waals surface area contributed by atoms with E-state index in [1.165, 1.54) is 11.1 Å². The number of benzene rings is 1. The Balaban J connectivity index is 2.22. The monoisotopic (exact) mass is 342 g/mol. The number of pyridine rings is 1. The van der Waals surface area contributed by atoms with E-state index in [4.69, 9.17) is 4.74 Å². The molecule has 0 aliphatic carbocycles. The van der Waals surface area contributed by atoms with Gasteiger partial charge in [0.25, 0.3) is 0 Å². The summed E-state index contributed by atoms with van der Waals surface area (Å²) in [6.07, 6.45) is 0.806. The maximum Gasteiger partial charge on any atom is 0.411 e. The maximum atomic E-state index is 12.6. The van der Waals surface area contributed by atoms with Crippen LogP contribution in [0.15, 0.2) is 48.7 Å². The van der Waals surface area contributed by atoms with Gasteiger partial charge in [-0.05, 0) is 32.4 Å². The topological polar surface area (TPSA) is 79.7 Å². The summed E-state index contributed by atoms with van der Waals surface area (Å²) >= 11 is 0. The predicted molar refractivity (Wildman–Crippen MR) is 93.0 cm³/mol. The van der Waals surface area contributed by atoms with E-state index in [-0.39, 0.29) is 12.6 Å². The van der Waals surface area contributed by atoms with Crippen molar-refractivity contribution in [1.29, 1.82) is 0 Å². The minimum absolute atomic E-state index is 0.0847. The van der Waals surface area contributed by atoms with Gasteiger partial charge in [-0.15, -0.1) is 0 Å². The molecule has 1 aromatic heterocycles. The zero-order chi connectivity index (χ0) is 18.4. The van der Waals surface area contributed by atoms with Gasteiger partial charge in [-0.3, -0.25) is 9.88 Å². The summed E-state index contributed by atoms with van der Waals surface area (Å²) in [7, 11) is 0. The van der Waals surface area contributed by atoms with Gasteiger partial charge in [0.15, 0.2) is 6.04 Å². The lowest BCUT2D eigenvalue weighted by Crippen LogP contribution is -2.43. The molecule has 1 aromatic carbocycles. The summed E-state index contributed by atoms with van der Waals surface area (Å²) < 4.78 is 5.33. The van der Waals surface area contributed by atoms with Gasteiger partial charge in [-0.2, -0.15) is 0 Å². The Morgan fingerprint density at radius 3 is 2.36 bits per heavy atom. The van der Waals surface area contributed by atoms with Gasteiger partial charge in [0.2, 0.25) is 0 Å². The smallest absolute Gasteiger partial charge is 0.411 e. The number of hydrogen-bond acceptors (Lipinski definition) is 4. The molecule has 2 rings (SSSR count). The second-order valence-corrected chi connectivity index (χ2v) is 6.01. The van der Waals surface area contributed by atoms with Crippen molar-refractivity contribution >= 4 is 12.1 Å². The number of aromatic nitrogens is 1. The fourth-order valence-electron chi connectivity index (χ4n) is 2.47. The first-order valence-electron chi connectivity index (χ1n) is 8.04. The van der Waals surface area contributed by atoms with Crippen LogP contribution in [0.1, 0.15) is 36.7 Å². The predicted octanol–water partition coefficient (Wildman–Crippen LogP) is 3.56. The molecule has 0 aliphatic heterocycles. The van der Waals surface area contributed by atoms with Gasteiger partial charge in [-0.1, -0.05) is 36.4 Å². The normalized spacial score (nSPS) is 11.8. The lowest BCUT2D eigenvalue weighted by atomic mass is 10.1. The molecule has 1 N–H and O–H groups in total. The third-order valence-electron chi connectivity index (χ3n) is 3.73. The number of hydrogen-bond donors (Lipinski definition) is 1. The average molecular weight is 342 g/mol. The first-order chi connectivity index (χ1) is 11.9. The van der Waals surface area contributed by atoms with Crippen molar-refractivity contribution in [1.82, 2.24) is 9.88 Å². The fraction of sp³-hybridized carbons (Fsp3) is 0.316. The average Bonchev–Trinajstić information content (AvgIpc) is 2.59. The van der Waals surface area contributed by atoms with Crippen LogP contribution in [0.3, 0.4) is 0 Å². The van der Waals surface area contributed by atoms with E-state index in [0.29, 0.717) is 5.56 Å². The molecule has 6 heteroatoms. The number of aryl methyl sites for hydroxylation is 1. The van der Waals surface area contributed by atoms with Gasteiger partial charge < -0.3 is 9.84 Å². The maximum absolute atomic E-state index is 12.6. The van der Waals surface area contributed by atoms with Crippen molar-refractivity contribution in [2.75, 3.05) is 0 Å². The zero-order valence-electron chi connectivity index (χ0n) is 14.5. The molecule has 132 valence electrons. The number of amides is 1. The minimum Gasteiger partial charge on any atom is -0.479 e. The summed E-state index contributed by atoms with van der Waals surface area (Å²) in [5.41, 5.74) is 2.04. The Kier molecular flexibility index (Phi) is 6.11. The van der Waals surface area contributed by atoms with Gasteiger partial charge >= 0.3 is 12.1 Å². The van der Waals surface area contributed by atoms with Crippen LogP contribution in [-0.4, -0.2) is 33.1 Å². The van der Waals surface area contributed by atoms with Crippen LogP contribution in [-0.2, 0) is 16.1 Å². The molecule has 1 unspecified atom stereocenters. The highest BCUT2D eigenvalue weighted by Gasteiger charge is 2.34. The van der Waals surface area contributed by atoms with Crippen molar-refractivity contribution in [3.63, 3.8) is 0 Å². The van der Waals surface area contributed by atoms with Crippen LogP contribution >= 0.6 is 0 Å². The molecule has 0 saturated carbocycles. The molecule has 1 heterocycles. The molecule has 0 fully saturated rings. The van der Waals surface area contributed by atoms with Crippen LogP contribution in [0.4, 0.5) is 4.79 Å². The fourth-order valence-corrected chi connectivity index (χ4v) is 2.47. The van der Waals surface area contributed by atoms with Gasteiger partial charge in [0, 0.05) is 23.5 Å². The molecule has 0 bridgehead atoms. The summed E-state index contributed by atoms with van der Waals surface area (Å²) in [6, 6.07) is 11.1. The Hall–Kier alpha value is -2.89. The highest BCUT2D eigenvalue weighted by atomic mass is 16.6. The van der Waals surface area contributed by atoms with Crippen molar-refractivity contribution in [3.8, 4) is 0 Å². The summed E-state index contributed by atoms with van der Waals surface area (Å²) in [5.74, 6) is -1.13. The largest absolute Gasteiger partial charge is 0.479 e. The molecule has 0 radical (unpaired) electrons. The van der Waals surface area contributed by atoms with Crippen molar-refractivity contribution < 1.29 is 19.4 Å². The number of carboxylic acids is 1. The Labute approximate surface area is 147 Å². The van der Waals surface area contributed by atoms with Crippen LogP contribution in [0, 0.1) is 6.92 Å². The molecule has 6 nitrogen and oxygen atoms in total. The standard InChI is InChI=1S/C19H22N2O4/c1-13(2)21(19(24)25-12-15-7-5-4-6-8-15)17(18(22)23)16-10-9-14(3)20-11-16/h4-11,13,17H,12H2,1-3H3,(H,22,23). The summed E-state index contributed by atoms with van der Waals surface area (Å²) in [4.78, 5) is 29.8. The third kappa shape index (κ3) is 4.79. The van der Waals surface area contributed by atoms with E-state index in [1.54, 1.807) is 26.0 Å². The van der Waals surface area contributed by atoms with Crippen LogP contribution in [0.2, 0.25) is 0 Å². The van der Waals surface area contributed by atoms with E-state index in [0.717, 1.165) is 11.3 Å². The quantitative estimate of drug-likeness (QED) is 0.868. The number of nitrogens with zero attached hydrogens (tertiary/aromatic N) is 2. The third-order valence-corrected chi connectivity index (χ3v) is 3.73.